The first-order chi connectivity index (χ1) is 19.1. The van der Waals surface area contributed by atoms with E-state index in [1.807, 2.05) is 18.2 Å². The highest BCUT2D eigenvalue weighted by molar-refractivity contribution is 5.90. The van der Waals surface area contributed by atoms with Crippen molar-refractivity contribution in [2.24, 2.45) is 5.41 Å². The Labute approximate surface area is 236 Å². The third kappa shape index (κ3) is 5.63. The van der Waals surface area contributed by atoms with Gasteiger partial charge in [0.05, 0.1) is 18.8 Å². The van der Waals surface area contributed by atoms with E-state index >= 15 is 0 Å². The second-order valence-corrected chi connectivity index (χ2v) is 11.6. The number of aryl methyl sites for hydroxylation is 1. The fourth-order valence-electron chi connectivity index (χ4n) is 5.98. The molecule has 1 amide bonds. The highest BCUT2D eigenvalue weighted by Crippen LogP contribution is 2.46. The largest absolute Gasteiger partial charge is 0.463 e. The summed E-state index contributed by atoms with van der Waals surface area (Å²) in [5, 5.41) is 0. The van der Waals surface area contributed by atoms with Crippen LogP contribution >= 0.6 is 0 Å². The minimum absolute atomic E-state index is 0.146. The van der Waals surface area contributed by atoms with Crippen molar-refractivity contribution < 1.29 is 13.9 Å². The maximum absolute atomic E-state index is 13.5. The number of nitrogen functional groups attached to an aromatic ring is 1. The van der Waals surface area contributed by atoms with Crippen LogP contribution in [-0.2, 0) is 17.8 Å². The van der Waals surface area contributed by atoms with Crippen LogP contribution in [0.15, 0.2) is 31.1 Å². The van der Waals surface area contributed by atoms with Crippen molar-refractivity contribution in [1.82, 2.24) is 19.8 Å². The zero-order chi connectivity index (χ0) is 28.6. The number of anilines is 3. The Hall–Kier alpha value is -3.66. The molecule has 5 rings (SSSR count). The number of amides is 1. The first kappa shape index (κ1) is 27.9. The first-order valence-corrected chi connectivity index (χ1v) is 13.9. The van der Waals surface area contributed by atoms with E-state index in [0.717, 1.165) is 66.2 Å². The van der Waals surface area contributed by atoms with E-state index in [-0.39, 0.29) is 5.41 Å². The molecule has 2 fully saturated rings. The van der Waals surface area contributed by atoms with Crippen molar-refractivity contribution in [3.05, 3.63) is 53.5 Å². The maximum Gasteiger partial charge on any atom is 0.318 e. The van der Waals surface area contributed by atoms with Crippen molar-refractivity contribution in [3.8, 4) is 6.01 Å². The van der Waals surface area contributed by atoms with Gasteiger partial charge in [0.25, 0.3) is 5.91 Å². The molecule has 0 unspecified atom stereocenters. The number of hydrogen-bond donors (Lipinski definition) is 1. The van der Waals surface area contributed by atoms with Crippen molar-refractivity contribution in [2.75, 3.05) is 75.5 Å². The minimum atomic E-state index is -0.925. The molecule has 1 aliphatic carbocycles. The molecule has 214 valence electrons. The Balaban J connectivity index is 1.44. The third-order valence-corrected chi connectivity index (χ3v) is 8.21. The van der Waals surface area contributed by atoms with Crippen LogP contribution in [0.4, 0.5) is 21.6 Å². The number of benzene rings is 1. The quantitative estimate of drug-likeness (QED) is 0.376. The number of aromatic nitrogens is 2. The van der Waals surface area contributed by atoms with Crippen LogP contribution in [0.3, 0.4) is 0 Å². The topological polar surface area (TPSA) is 91.1 Å². The smallest absolute Gasteiger partial charge is 0.318 e. The number of ether oxygens (including phenoxy) is 1. The molecule has 0 atom stereocenters. The van der Waals surface area contributed by atoms with Crippen LogP contribution in [0.1, 0.15) is 35.2 Å². The predicted molar refractivity (Wildman–Crippen MR) is 157 cm³/mol. The molecule has 3 aliphatic rings. The number of piperazine rings is 1. The molecule has 1 saturated heterocycles. The fraction of sp³-hybridized carbons (Fsp3) is 0.500. The summed E-state index contributed by atoms with van der Waals surface area (Å²) in [6, 6.07) is 4.34. The molecule has 1 aromatic carbocycles. The average Bonchev–Trinajstić information content (AvgIpc) is 3.70. The molecule has 2 aliphatic heterocycles. The maximum atomic E-state index is 13.5. The van der Waals surface area contributed by atoms with Gasteiger partial charge in [-0.2, -0.15) is 9.97 Å². The number of fused-ring (bicyclic) bond motifs is 1. The lowest BCUT2D eigenvalue weighted by molar-refractivity contribution is -0.128. The van der Waals surface area contributed by atoms with Crippen LogP contribution < -0.4 is 20.3 Å². The molecule has 9 nitrogen and oxygen atoms in total. The van der Waals surface area contributed by atoms with Gasteiger partial charge in [-0.3, -0.25) is 4.79 Å². The number of hydrogen-bond acceptors (Lipinski definition) is 8. The molecular weight excluding hydrogens is 509 g/mol. The van der Waals surface area contributed by atoms with Gasteiger partial charge < -0.3 is 30.1 Å². The third-order valence-electron chi connectivity index (χ3n) is 8.21. The first-order valence-electron chi connectivity index (χ1n) is 13.9. The lowest BCUT2D eigenvalue weighted by Crippen LogP contribution is -2.49. The number of carbonyl (C=O) groups is 1. The van der Waals surface area contributed by atoms with Gasteiger partial charge in [0.2, 0.25) is 0 Å². The zero-order valence-corrected chi connectivity index (χ0v) is 23.9. The molecule has 2 aromatic rings. The summed E-state index contributed by atoms with van der Waals surface area (Å²) in [5.74, 6) is -0.724. The second kappa shape index (κ2) is 11.1. The summed E-state index contributed by atoms with van der Waals surface area (Å²) in [7, 11) is 4.17. The van der Waals surface area contributed by atoms with Crippen molar-refractivity contribution >= 4 is 29.2 Å². The fourth-order valence-corrected chi connectivity index (χ4v) is 5.98. The normalized spacial score (nSPS) is 18.0. The van der Waals surface area contributed by atoms with Gasteiger partial charge in [0.15, 0.2) is 5.83 Å². The lowest BCUT2D eigenvalue weighted by Gasteiger charge is -2.38. The Bertz CT molecular complexity index is 1320. The van der Waals surface area contributed by atoms with Gasteiger partial charge in [0, 0.05) is 67.2 Å². The Morgan fingerprint density at radius 1 is 1.18 bits per heavy atom. The molecule has 3 heterocycles. The summed E-state index contributed by atoms with van der Waals surface area (Å²) in [5.41, 5.74) is 12.3. The van der Waals surface area contributed by atoms with Gasteiger partial charge in [-0.1, -0.05) is 25.3 Å². The van der Waals surface area contributed by atoms with Gasteiger partial charge in [-0.15, -0.1) is 0 Å². The SMILES string of the molecule is C=Cc1c(N)ccc(C)c1N1CCc2c(nc(OCC3(CN(C)C)CC3)nc2N2CCN(C(=O)C(=C)F)CC2)C1. The molecule has 2 N–H and O–H groups in total. The summed E-state index contributed by atoms with van der Waals surface area (Å²) >= 11 is 0. The highest BCUT2D eigenvalue weighted by atomic mass is 19.1. The number of rotatable bonds is 9. The van der Waals surface area contributed by atoms with Crippen LogP contribution in [0.25, 0.3) is 6.08 Å². The van der Waals surface area contributed by atoms with Crippen LogP contribution in [0, 0.1) is 12.3 Å². The Kier molecular flexibility index (Phi) is 7.72. The minimum Gasteiger partial charge on any atom is -0.463 e. The van der Waals surface area contributed by atoms with Crippen LogP contribution in [0.2, 0.25) is 0 Å². The van der Waals surface area contributed by atoms with E-state index in [0.29, 0.717) is 51.0 Å². The van der Waals surface area contributed by atoms with E-state index in [1.165, 1.54) is 4.90 Å². The van der Waals surface area contributed by atoms with Gasteiger partial charge in [0.1, 0.15) is 5.82 Å². The van der Waals surface area contributed by atoms with Crippen molar-refractivity contribution in [2.45, 2.75) is 32.7 Å². The zero-order valence-electron chi connectivity index (χ0n) is 23.9. The predicted octanol–water partition coefficient (Wildman–Crippen LogP) is 3.43. The van der Waals surface area contributed by atoms with Gasteiger partial charge in [-0.25, -0.2) is 4.39 Å². The molecule has 0 radical (unpaired) electrons. The molecule has 0 spiro atoms. The number of halogens is 1. The number of carbonyl (C=O) groups excluding carboxylic acids is 1. The average molecular weight is 550 g/mol. The molecule has 1 aromatic heterocycles. The van der Waals surface area contributed by atoms with E-state index in [4.69, 9.17) is 20.4 Å². The Morgan fingerprint density at radius 3 is 2.52 bits per heavy atom. The molecule has 0 bridgehead atoms. The lowest BCUT2D eigenvalue weighted by atomic mass is 9.99. The number of nitrogens with two attached hydrogens (primary N) is 1. The molecule has 10 heteroatoms. The van der Waals surface area contributed by atoms with Crippen molar-refractivity contribution in [3.63, 3.8) is 0 Å². The summed E-state index contributed by atoms with van der Waals surface area (Å²) in [6.45, 7) is 14.1. The Morgan fingerprint density at radius 2 is 1.90 bits per heavy atom. The monoisotopic (exact) mass is 549 g/mol. The molecular formula is C30H40FN7O2. The number of nitrogens with zero attached hydrogens (tertiary/aromatic N) is 6. The molecule has 40 heavy (non-hydrogen) atoms. The summed E-state index contributed by atoms with van der Waals surface area (Å²) < 4.78 is 19.8. The van der Waals surface area contributed by atoms with Crippen LogP contribution in [0.5, 0.6) is 6.01 Å². The van der Waals surface area contributed by atoms with E-state index in [2.05, 4.69) is 48.9 Å². The van der Waals surface area contributed by atoms with E-state index < -0.39 is 11.7 Å². The van der Waals surface area contributed by atoms with Gasteiger partial charge >= 0.3 is 6.01 Å². The van der Waals surface area contributed by atoms with Gasteiger partial charge in [-0.05, 0) is 51.9 Å². The summed E-state index contributed by atoms with van der Waals surface area (Å²) in [4.78, 5) is 30.2. The van der Waals surface area contributed by atoms with Crippen molar-refractivity contribution in [1.29, 1.82) is 0 Å². The van der Waals surface area contributed by atoms with E-state index in [9.17, 15) is 9.18 Å². The highest BCUT2D eigenvalue weighted by Gasteiger charge is 2.44. The van der Waals surface area contributed by atoms with E-state index in [1.54, 1.807) is 0 Å². The standard InChI is InChI=1S/C30H40FN7O2/c1-6-22-24(32)8-7-20(2)26(22)38-12-9-23-25(17-38)33-29(40-19-30(10-11-30)18-35(4)5)34-27(23)36-13-15-37(16-14-36)28(39)21(3)31/h6-8H,1,3,9-19,32H2,2,4-5H3. The summed E-state index contributed by atoms with van der Waals surface area (Å²) in [6.07, 6.45) is 4.83. The van der Waals surface area contributed by atoms with Crippen LogP contribution in [-0.4, -0.2) is 85.6 Å². The second-order valence-electron chi connectivity index (χ2n) is 11.6. The molecule has 1 saturated carbocycles.